The molecule has 3 rings (SSSR count). The Balaban J connectivity index is 2.07. The summed E-state index contributed by atoms with van der Waals surface area (Å²) >= 11 is 0. The predicted octanol–water partition coefficient (Wildman–Crippen LogP) is 2.12. The summed E-state index contributed by atoms with van der Waals surface area (Å²) in [7, 11) is 0. The number of hydrogen-bond acceptors (Lipinski definition) is 4. The van der Waals surface area contributed by atoms with Crippen LogP contribution in [-0.4, -0.2) is 46.1 Å². The van der Waals surface area contributed by atoms with Gasteiger partial charge in [0.05, 0.1) is 24.9 Å². The topological polar surface area (TPSA) is 48.7 Å². The summed E-state index contributed by atoms with van der Waals surface area (Å²) < 4.78 is 40.7. The van der Waals surface area contributed by atoms with Crippen molar-refractivity contribution in [2.75, 3.05) is 13.2 Å². The Labute approximate surface area is 125 Å². The van der Waals surface area contributed by atoms with Gasteiger partial charge >= 0.3 is 0 Å². The lowest BCUT2D eigenvalue weighted by atomic mass is 10.0. The molecule has 2 aliphatic rings. The first-order valence-corrected chi connectivity index (χ1v) is 6.89. The number of nitrogens with zero attached hydrogens (tertiary/aromatic N) is 3. The third-order valence-corrected chi connectivity index (χ3v) is 3.65. The molecular formula is C15H14F3N3O. The van der Waals surface area contributed by atoms with Crippen LogP contribution in [0.1, 0.15) is 12.0 Å². The van der Waals surface area contributed by atoms with Gasteiger partial charge in [-0.15, -0.1) is 0 Å². The summed E-state index contributed by atoms with van der Waals surface area (Å²) in [4.78, 5) is 9.78. The molecule has 0 amide bonds. The Kier molecular flexibility index (Phi) is 3.98. The van der Waals surface area contributed by atoms with Crippen molar-refractivity contribution in [2.24, 2.45) is 4.99 Å². The molecule has 1 N–H and O–H groups in total. The fourth-order valence-corrected chi connectivity index (χ4v) is 2.73. The van der Waals surface area contributed by atoms with Crippen LogP contribution in [0.3, 0.4) is 0 Å². The SMILES string of the molecule is OCCN1C(c2cncc(F)c2)=NC2C=C(F)C(F)=CC1C2. The normalized spacial score (nSPS) is 24.4. The third-order valence-electron chi connectivity index (χ3n) is 3.65. The minimum atomic E-state index is -0.946. The van der Waals surface area contributed by atoms with Crippen LogP contribution in [0.2, 0.25) is 0 Å². The van der Waals surface area contributed by atoms with Crippen LogP contribution in [0, 0.1) is 5.82 Å². The first-order chi connectivity index (χ1) is 10.6. The van der Waals surface area contributed by atoms with Crippen LogP contribution in [0.4, 0.5) is 13.2 Å². The monoisotopic (exact) mass is 309 g/mol. The van der Waals surface area contributed by atoms with Gasteiger partial charge in [0.2, 0.25) is 0 Å². The molecule has 2 bridgehead atoms. The van der Waals surface area contributed by atoms with E-state index in [9.17, 15) is 18.3 Å². The Morgan fingerprint density at radius 1 is 1.18 bits per heavy atom. The number of aliphatic imine (C=N–C) groups is 1. The fourth-order valence-electron chi connectivity index (χ4n) is 2.73. The first kappa shape index (κ1) is 14.8. The number of aromatic nitrogens is 1. The highest BCUT2D eigenvalue weighted by Crippen LogP contribution is 2.30. The van der Waals surface area contributed by atoms with Crippen molar-refractivity contribution in [1.82, 2.24) is 9.88 Å². The summed E-state index contributed by atoms with van der Waals surface area (Å²) in [6, 6.07) is 0.258. The number of aliphatic hydroxyl groups excluding tert-OH is 1. The Hall–Kier alpha value is -2.15. The Bertz CT molecular complexity index is 672. The smallest absolute Gasteiger partial charge is 0.156 e. The zero-order valence-electron chi connectivity index (χ0n) is 11.6. The largest absolute Gasteiger partial charge is 0.395 e. The van der Waals surface area contributed by atoms with Crippen molar-refractivity contribution in [3.05, 3.63) is 53.6 Å². The molecular weight excluding hydrogens is 295 g/mol. The van der Waals surface area contributed by atoms with Crippen LogP contribution >= 0.6 is 0 Å². The van der Waals surface area contributed by atoms with E-state index in [0.717, 1.165) is 12.3 Å². The molecule has 1 aliphatic heterocycles. The van der Waals surface area contributed by atoms with Crippen molar-refractivity contribution in [3.63, 3.8) is 0 Å². The predicted molar refractivity (Wildman–Crippen MR) is 75.1 cm³/mol. The summed E-state index contributed by atoms with van der Waals surface area (Å²) in [6.07, 6.45) is 5.18. The molecule has 7 heteroatoms. The van der Waals surface area contributed by atoms with E-state index in [-0.39, 0.29) is 13.2 Å². The van der Waals surface area contributed by atoms with Crippen LogP contribution in [-0.2, 0) is 0 Å². The number of rotatable bonds is 3. The highest BCUT2D eigenvalue weighted by atomic mass is 19.2. The number of allylic oxidation sites excluding steroid dienone is 2. The van der Waals surface area contributed by atoms with E-state index in [0.29, 0.717) is 17.8 Å². The summed E-state index contributed by atoms with van der Waals surface area (Å²) in [6.45, 7) is -0.00751. The van der Waals surface area contributed by atoms with Crippen LogP contribution in [0.25, 0.3) is 0 Å². The second-order valence-electron chi connectivity index (χ2n) is 5.16. The molecule has 0 saturated carbocycles. The number of hydrogen-bond donors (Lipinski definition) is 1. The fraction of sp³-hybridized carbons (Fsp3) is 0.333. The van der Waals surface area contributed by atoms with Crippen LogP contribution in [0.15, 0.2) is 47.3 Å². The molecule has 116 valence electrons. The van der Waals surface area contributed by atoms with Crippen molar-refractivity contribution in [2.45, 2.75) is 18.5 Å². The molecule has 2 heterocycles. The number of amidine groups is 1. The van der Waals surface area contributed by atoms with E-state index in [4.69, 9.17) is 0 Å². The highest BCUT2D eigenvalue weighted by Gasteiger charge is 2.32. The summed E-state index contributed by atoms with van der Waals surface area (Å²) in [5, 5.41) is 9.24. The average molecular weight is 309 g/mol. The maximum Gasteiger partial charge on any atom is 0.156 e. The minimum absolute atomic E-state index is 0.179. The van der Waals surface area contributed by atoms with Crippen molar-refractivity contribution in [1.29, 1.82) is 0 Å². The molecule has 1 aliphatic carbocycles. The highest BCUT2D eigenvalue weighted by molar-refractivity contribution is 5.99. The number of fused-ring (bicyclic) bond motifs is 2. The van der Waals surface area contributed by atoms with E-state index in [2.05, 4.69) is 9.98 Å². The molecule has 0 fully saturated rings. The lowest BCUT2D eigenvalue weighted by Crippen LogP contribution is -2.46. The van der Waals surface area contributed by atoms with Gasteiger partial charge < -0.3 is 10.0 Å². The van der Waals surface area contributed by atoms with Gasteiger partial charge in [-0.1, -0.05) is 0 Å². The van der Waals surface area contributed by atoms with Gasteiger partial charge in [-0.2, -0.15) is 0 Å². The lowest BCUT2D eigenvalue weighted by molar-refractivity contribution is 0.221. The van der Waals surface area contributed by atoms with Gasteiger partial charge in [0, 0.05) is 18.3 Å². The van der Waals surface area contributed by atoms with Crippen molar-refractivity contribution < 1.29 is 18.3 Å². The lowest BCUT2D eigenvalue weighted by Gasteiger charge is -2.37. The van der Waals surface area contributed by atoms with Gasteiger partial charge in [-0.05, 0) is 24.6 Å². The van der Waals surface area contributed by atoms with E-state index in [1.165, 1.54) is 18.3 Å². The second kappa shape index (κ2) is 5.92. The molecule has 2 unspecified atom stereocenters. The first-order valence-electron chi connectivity index (χ1n) is 6.89. The maximum atomic E-state index is 13.7. The number of halogens is 3. The van der Waals surface area contributed by atoms with Crippen LogP contribution in [0.5, 0.6) is 0 Å². The Morgan fingerprint density at radius 2 is 1.95 bits per heavy atom. The summed E-state index contributed by atoms with van der Waals surface area (Å²) in [5.41, 5.74) is 0.410. The third kappa shape index (κ3) is 2.76. The van der Waals surface area contributed by atoms with Gasteiger partial charge in [-0.25, -0.2) is 13.2 Å². The number of β-amino-alcohol motifs (C(OH)–C–C–N with tert-alkyl or cyclic N) is 1. The number of pyridine rings is 1. The standard InChI is InChI=1S/C15H14F3N3O/c16-10-3-9(7-19-8-10)15-20-11-4-12(21(15)1-2-22)6-14(18)13(17)5-11/h3,5-8,11-12,22H,1-2,4H2. The molecule has 1 aromatic heterocycles. The van der Waals surface area contributed by atoms with Gasteiger partial charge in [0.25, 0.3) is 0 Å². The molecule has 4 nitrogen and oxygen atoms in total. The van der Waals surface area contributed by atoms with Crippen molar-refractivity contribution in [3.8, 4) is 0 Å². The zero-order chi connectivity index (χ0) is 15.7. The molecule has 22 heavy (non-hydrogen) atoms. The molecule has 0 radical (unpaired) electrons. The van der Waals surface area contributed by atoms with Gasteiger partial charge in [0.15, 0.2) is 11.7 Å². The molecule has 0 spiro atoms. The van der Waals surface area contributed by atoms with E-state index < -0.39 is 29.6 Å². The molecule has 0 saturated heterocycles. The quantitative estimate of drug-likeness (QED) is 0.930. The molecule has 0 aromatic carbocycles. The maximum absolute atomic E-state index is 13.7. The van der Waals surface area contributed by atoms with Gasteiger partial charge in [-0.3, -0.25) is 9.98 Å². The minimum Gasteiger partial charge on any atom is -0.395 e. The zero-order valence-corrected chi connectivity index (χ0v) is 11.6. The number of aliphatic hydroxyl groups is 1. The van der Waals surface area contributed by atoms with Gasteiger partial charge in [0.1, 0.15) is 11.7 Å². The average Bonchev–Trinajstić information content (AvgIpc) is 2.59. The van der Waals surface area contributed by atoms with E-state index in [1.807, 2.05) is 0 Å². The van der Waals surface area contributed by atoms with E-state index >= 15 is 0 Å². The van der Waals surface area contributed by atoms with Crippen LogP contribution < -0.4 is 0 Å². The van der Waals surface area contributed by atoms with Crippen molar-refractivity contribution >= 4 is 5.84 Å². The molecule has 1 aromatic rings. The molecule has 2 atom stereocenters. The summed E-state index contributed by atoms with van der Waals surface area (Å²) in [5.74, 6) is -2.04. The second-order valence-corrected chi connectivity index (χ2v) is 5.16. The van der Waals surface area contributed by atoms with E-state index in [1.54, 1.807) is 4.90 Å². The Morgan fingerprint density at radius 3 is 2.68 bits per heavy atom.